The number of halogens is 2. The van der Waals surface area contributed by atoms with Crippen LogP contribution in [0.2, 0.25) is 10.0 Å². The molecule has 428 valence electrons. The molecule has 8 heterocycles. The molecule has 0 aliphatic carbocycles. The summed E-state index contributed by atoms with van der Waals surface area (Å²) in [6.07, 6.45) is 3.50. The van der Waals surface area contributed by atoms with E-state index >= 15 is 0 Å². The van der Waals surface area contributed by atoms with E-state index in [1.54, 1.807) is 34.1 Å². The highest BCUT2D eigenvalue weighted by molar-refractivity contribution is 6.30. The number of aliphatic carboxylic acids is 4. The smallest absolute Gasteiger partial charge is 0.412 e. The van der Waals surface area contributed by atoms with E-state index in [-0.39, 0.29) is 24.3 Å². The largest absolute Gasteiger partial charge is 0.481 e. The molecule has 4 aromatic rings. The fourth-order valence-electron chi connectivity index (χ4n) is 7.30. The Morgan fingerprint density at radius 3 is 1.19 bits per heavy atom. The molecule has 0 spiro atoms. The van der Waals surface area contributed by atoms with Crippen LogP contribution in [0.15, 0.2) is 61.4 Å². The number of piperazine rings is 2. The average Bonchev–Trinajstić information content (AvgIpc) is 3.86. The van der Waals surface area contributed by atoms with Crippen LogP contribution in [0.3, 0.4) is 0 Å². The molecular weight excluding hydrogens is 1110 g/mol. The van der Waals surface area contributed by atoms with Gasteiger partial charge >= 0.3 is 36.1 Å². The third-order valence-electron chi connectivity index (χ3n) is 11.6. The van der Waals surface area contributed by atoms with Gasteiger partial charge in [-0.05, 0) is 38.4 Å². The Morgan fingerprint density at radius 1 is 0.562 bits per heavy atom. The molecule has 6 N–H and O–H groups in total. The van der Waals surface area contributed by atoms with Gasteiger partial charge in [0.05, 0.1) is 22.9 Å². The number of nitrogens with zero attached hydrogens (tertiary/aromatic N) is 12. The van der Waals surface area contributed by atoms with Crippen LogP contribution in [-0.2, 0) is 47.7 Å². The maximum absolute atomic E-state index is 12.8. The number of anilines is 2. The number of carboxylic acids is 4. The third kappa shape index (κ3) is 16.1. The monoisotopic (exact) mass is 1160 g/mol. The Balaban J connectivity index is 0.000000209. The number of hydrogen-bond donors (Lipinski definition) is 6. The highest BCUT2D eigenvalue weighted by Gasteiger charge is 2.46. The van der Waals surface area contributed by atoms with Gasteiger partial charge < -0.3 is 69.2 Å². The molecule has 4 amide bonds. The minimum absolute atomic E-state index is 0.0737. The van der Waals surface area contributed by atoms with Gasteiger partial charge in [0.15, 0.2) is 11.4 Å². The fraction of sp³-hybridized carbons (Fsp3) is 0.391. The maximum atomic E-state index is 12.8. The van der Waals surface area contributed by atoms with Crippen molar-refractivity contribution in [2.24, 2.45) is 0 Å². The molecular formula is C46H50Cl2N12O20. The van der Waals surface area contributed by atoms with E-state index < -0.39 is 97.6 Å². The number of aliphatic hydroxyl groups is 2. The number of aromatic nitrogens is 6. The highest BCUT2D eigenvalue weighted by Crippen LogP contribution is 2.37. The average molecular weight is 1160 g/mol. The summed E-state index contributed by atoms with van der Waals surface area (Å²) in [6, 6.07) is 6.40. The van der Waals surface area contributed by atoms with Gasteiger partial charge in [-0.1, -0.05) is 23.2 Å². The molecule has 4 aliphatic rings. The van der Waals surface area contributed by atoms with E-state index in [1.165, 1.54) is 47.0 Å². The molecule has 4 aromatic heterocycles. The van der Waals surface area contributed by atoms with Crippen molar-refractivity contribution in [1.82, 2.24) is 49.5 Å². The van der Waals surface area contributed by atoms with E-state index in [2.05, 4.69) is 49.2 Å². The van der Waals surface area contributed by atoms with Crippen LogP contribution >= 0.6 is 23.2 Å². The Hall–Kier alpha value is -8.82. The quantitative estimate of drug-likeness (QED) is 0.0637. The molecule has 4 aliphatic heterocycles. The number of carboxylic acid groups (broad SMARTS) is 4. The van der Waals surface area contributed by atoms with Crippen LogP contribution in [0.25, 0.3) is 0 Å². The lowest BCUT2D eigenvalue weighted by Gasteiger charge is -2.33. The van der Waals surface area contributed by atoms with Gasteiger partial charge in [-0.15, -0.1) is 0 Å². The summed E-state index contributed by atoms with van der Waals surface area (Å²) < 4.78 is 19.3. The lowest BCUT2D eigenvalue weighted by atomic mass is 10.0. The second-order valence-electron chi connectivity index (χ2n) is 17.3. The van der Waals surface area contributed by atoms with Gasteiger partial charge in [-0.25, -0.2) is 48.9 Å². The lowest BCUT2D eigenvalue weighted by molar-refractivity contribution is -0.173. The zero-order valence-corrected chi connectivity index (χ0v) is 43.6. The highest BCUT2D eigenvalue weighted by atomic mass is 35.5. The molecule has 80 heavy (non-hydrogen) atoms. The van der Waals surface area contributed by atoms with E-state index in [9.17, 15) is 47.9 Å². The Labute approximate surface area is 461 Å². The molecule has 4 atom stereocenters. The van der Waals surface area contributed by atoms with Crippen LogP contribution in [0.4, 0.5) is 21.2 Å². The van der Waals surface area contributed by atoms with E-state index in [4.69, 9.17) is 63.3 Å². The van der Waals surface area contributed by atoms with Crippen LogP contribution in [0.1, 0.15) is 57.7 Å². The number of likely N-dealkylation sites (N-methyl/N-ethyl adjacent to an activating group) is 2. The predicted molar refractivity (Wildman–Crippen MR) is 266 cm³/mol. The van der Waals surface area contributed by atoms with Crippen molar-refractivity contribution in [2.45, 2.75) is 36.5 Å². The number of ether oxygens (including phenoxy) is 4. The first-order chi connectivity index (χ1) is 37.9. The summed E-state index contributed by atoms with van der Waals surface area (Å²) in [6.45, 7) is 3.35. The molecule has 0 aromatic carbocycles. The summed E-state index contributed by atoms with van der Waals surface area (Å²) in [5.41, 5.74) is -4.25. The SMILES string of the molecule is CN1CCN(C(=O)O[C@H]2c3nccnc3C(=O)N2c2ccc(Cl)cn2)CC1.CN1CCN(C(=O)O[C@H]2c3nccnc3C(=O)N2c2ccc(Cl)cn2)CC1.O=COCC(O)(CC(=O)O)C(=O)O.O=COCC(O)(CC(=O)O)C(=O)O. The first kappa shape index (κ1) is 62.0. The topological polar surface area (TPSA) is 426 Å². The number of carbonyl (C=O) groups is 10. The van der Waals surface area contributed by atoms with Crippen molar-refractivity contribution in [3.63, 3.8) is 0 Å². The van der Waals surface area contributed by atoms with E-state index in [0.29, 0.717) is 59.2 Å². The second-order valence-corrected chi connectivity index (χ2v) is 18.2. The molecule has 0 radical (unpaired) electrons. The first-order valence-corrected chi connectivity index (χ1v) is 23.9. The molecule has 2 fully saturated rings. The van der Waals surface area contributed by atoms with Gasteiger partial charge in [0.1, 0.15) is 36.2 Å². The van der Waals surface area contributed by atoms with Crippen molar-refractivity contribution in [1.29, 1.82) is 0 Å². The van der Waals surface area contributed by atoms with Crippen LogP contribution in [0.5, 0.6) is 0 Å². The molecule has 2 saturated heterocycles. The minimum Gasteiger partial charge on any atom is -0.481 e. The minimum atomic E-state index is -2.56. The summed E-state index contributed by atoms with van der Waals surface area (Å²) >= 11 is 11.8. The summed E-state index contributed by atoms with van der Waals surface area (Å²) in [7, 11) is 4.00. The predicted octanol–water partition coefficient (Wildman–Crippen LogP) is 0.0356. The van der Waals surface area contributed by atoms with Crippen LogP contribution in [0, 0.1) is 0 Å². The zero-order chi connectivity index (χ0) is 58.9. The Morgan fingerprint density at radius 2 is 0.900 bits per heavy atom. The molecule has 2 unspecified atom stereocenters. The van der Waals surface area contributed by atoms with Gasteiger partial charge in [-0.3, -0.25) is 38.7 Å². The fourth-order valence-corrected chi connectivity index (χ4v) is 7.52. The molecule has 0 bridgehead atoms. The third-order valence-corrected chi connectivity index (χ3v) is 12.0. The summed E-state index contributed by atoms with van der Waals surface area (Å²) in [5, 5.41) is 52.4. The van der Waals surface area contributed by atoms with Crippen molar-refractivity contribution in [2.75, 3.05) is 89.5 Å². The molecule has 0 saturated carbocycles. The number of amides is 4. The number of pyridine rings is 2. The van der Waals surface area contributed by atoms with Gasteiger partial charge in [0.25, 0.3) is 24.8 Å². The van der Waals surface area contributed by atoms with Gasteiger partial charge in [0.2, 0.25) is 23.7 Å². The maximum Gasteiger partial charge on any atom is 0.412 e. The molecule has 8 rings (SSSR count). The first-order valence-electron chi connectivity index (χ1n) is 23.2. The van der Waals surface area contributed by atoms with Crippen molar-refractivity contribution in [3.8, 4) is 0 Å². The van der Waals surface area contributed by atoms with Crippen molar-refractivity contribution in [3.05, 3.63) is 94.3 Å². The van der Waals surface area contributed by atoms with E-state index in [1.807, 2.05) is 14.1 Å². The summed E-state index contributed by atoms with van der Waals surface area (Å²) in [4.78, 5) is 146. The summed E-state index contributed by atoms with van der Waals surface area (Å²) in [5.74, 6) is -6.75. The number of hydrogen-bond acceptors (Lipinski definition) is 24. The van der Waals surface area contributed by atoms with Gasteiger partial charge in [0, 0.05) is 89.5 Å². The molecule has 32 nitrogen and oxygen atoms in total. The number of rotatable bonds is 16. The molecule has 34 heteroatoms. The van der Waals surface area contributed by atoms with Crippen molar-refractivity contribution < 1.29 is 97.5 Å². The normalized spacial score (nSPS) is 18.1. The Bertz CT molecular complexity index is 2710. The standard InChI is InChI=1S/2C17H17ClN6O3.2C6H8O7/c2*1-22-6-8-23(9-7-22)17(26)27-16-14-13(19-4-5-20-14)15(25)24(16)12-3-2-11(18)10-21-12;2*7-3-13-2-6(12,5(10)11)1-4(8)9/h2*2-5,10,16H,6-9H2,1H3;2*3,12H,1-2H2,(H,8,9)(H,10,11)/t2*16-;;/m00../s1. The number of carbonyl (C=O) groups excluding carboxylic acids is 6. The Kier molecular flexibility index (Phi) is 21.8. The lowest BCUT2D eigenvalue weighted by Crippen LogP contribution is -2.48. The zero-order valence-electron chi connectivity index (χ0n) is 42.1. The van der Waals surface area contributed by atoms with Crippen LogP contribution in [-0.4, -0.2) is 232 Å². The van der Waals surface area contributed by atoms with E-state index in [0.717, 1.165) is 26.2 Å². The number of fused-ring (bicyclic) bond motifs is 2. The van der Waals surface area contributed by atoms with Gasteiger partial charge in [-0.2, -0.15) is 0 Å². The second kappa shape index (κ2) is 28.2. The van der Waals surface area contributed by atoms with Crippen LogP contribution < -0.4 is 9.80 Å². The van der Waals surface area contributed by atoms with Crippen molar-refractivity contribution >= 4 is 95.7 Å².